The monoisotopic (exact) mass is 482 g/mol. The molecule has 1 aromatic carbocycles. The van der Waals surface area contributed by atoms with Crippen molar-refractivity contribution in [2.75, 3.05) is 37.7 Å². The van der Waals surface area contributed by atoms with E-state index in [0.29, 0.717) is 55.6 Å². The number of piperidine rings is 2. The molecule has 0 saturated carbocycles. The van der Waals surface area contributed by atoms with Gasteiger partial charge in [-0.25, -0.2) is 0 Å². The number of imide groups is 2. The molecule has 10 nitrogen and oxygen atoms in total. The number of anilines is 1. The average molecular weight is 483 g/mol. The summed E-state index contributed by atoms with van der Waals surface area (Å²) in [5.41, 5.74) is 1.32. The molecule has 0 bridgehead atoms. The second-order valence-electron chi connectivity index (χ2n) is 9.71. The number of fused-ring (bicyclic) bond motifs is 1. The Morgan fingerprint density at radius 2 is 1.74 bits per heavy atom. The van der Waals surface area contributed by atoms with Crippen molar-refractivity contribution in [3.8, 4) is 0 Å². The molecule has 4 aliphatic rings. The number of hydrogen-bond donors (Lipinski definition) is 2. The fourth-order valence-electron chi connectivity index (χ4n) is 5.49. The zero-order valence-corrected chi connectivity index (χ0v) is 19.6. The maximum absolute atomic E-state index is 13.3. The van der Waals surface area contributed by atoms with Crippen LogP contribution in [0.15, 0.2) is 18.2 Å². The van der Waals surface area contributed by atoms with E-state index in [4.69, 9.17) is 4.74 Å². The van der Waals surface area contributed by atoms with E-state index in [1.165, 1.54) is 0 Å². The van der Waals surface area contributed by atoms with Gasteiger partial charge < -0.3 is 15.0 Å². The van der Waals surface area contributed by atoms with Crippen LogP contribution in [0, 0.1) is 11.8 Å². The highest BCUT2D eigenvalue weighted by molar-refractivity contribution is 6.25. The standard InChI is InChI=1S/C25H30N4O6/c30-20-5-4-19(23(32)27-20)29-24(33)17-2-1-3-18(21(17)25(29)34)28-10-6-15(7-11-28)14-26-22(31)16-8-12-35-13-9-16/h1-3,15-16,19H,4-14H2,(H,26,31)(H,27,30,32). The Morgan fingerprint density at radius 3 is 2.46 bits per heavy atom. The van der Waals surface area contributed by atoms with Gasteiger partial charge >= 0.3 is 0 Å². The zero-order valence-electron chi connectivity index (χ0n) is 19.6. The molecule has 5 rings (SSSR count). The lowest BCUT2D eigenvalue weighted by Crippen LogP contribution is -2.54. The second-order valence-corrected chi connectivity index (χ2v) is 9.71. The number of carbonyl (C=O) groups is 5. The van der Waals surface area contributed by atoms with E-state index in [1.54, 1.807) is 12.1 Å². The molecule has 35 heavy (non-hydrogen) atoms. The number of amides is 5. The van der Waals surface area contributed by atoms with Crippen LogP contribution in [0.4, 0.5) is 5.69 Å². The Kier molecular flexibility index (Phi) is 6.55. The summed E-state index contributed by atoms with van der Waals surface area (Å²) in [5, 5.41) is 5.33. The predicted octanol–water partition coefficient (Wildman–Crippen LogP) is 0.847. The lowest BCUT2D eigenvalue weighted by atomic mass is 9.94. The van der Waals surface area contributed by atoms with Gasteiger partial charge in [0.2, 0.25) is 17.7 Å². The summed E-state index contributed by atoms with van der Waals surface area (Å²) in [6, 6.07) is 4.24. The van der Waals surface area contributed by atoms with Gasteiger partial charge in [-0.2, -0.15) is 0 Å². The van der Waals surface area contributed by atoms with Gasteiger partial charge in [0, 0.05) is 45.2 Å². The summed E-state index contributed by atoms with van der Waals surface area (Å²) in [5.74, 6) is -1.49. The Labute approximate surface area is 203 Å². The van der Waals surface area contributed by atoms with Crippen molar-refractivity contribution in [1.29, 1.82) is 0 Å². The quantitative estimate of drug-likeness (QED) is 0.596. The van der Waals surface area contributed by atoms with E-state index in [0.717, 1.165) is 30.6 Å². The Bertz CT molecular complexity index is 1060. The van der Waals surface area contributed by atoms with Crippen molar-refractivity contribution in [2.24, 2.45) is 11.8 Å². The predicted molar refractivity (Wildman–Crippen MR) is 125 cm³/mol. The molecule has 5 amide bonds. The average Bonchev–Trinajstić information content (AvgIpc) is 3.13. The number of carbonyl (C=O) groups excluding carboxylic acids is 5. The van der Waals surface area contributed by atoms with Gasteiger partial charge in [0.25, 0.3) is 11.8 Å². The highest BCUT2D eigenvalue weighted by atomic mass is 16.5. The first-order valence-corrected chi connectivity index (χ1v) is 12.4. The molecular formula is C25H30N4O6. The number of nitrogens with one attached hydrogen (secondary N) is 2. The highest BCUT2D eigenvalue weighted by Gasteiger charge is 2.46. The van der Waals surface area contributed by atoms with E-state index >= 15 is 0 Å². The van der Waals surface area contributed by atoms with Crippen LogP contribution >= 0.6 is 0 Å². The second kappa shape index (κ2) is 9.77. The summed E-state index contributed by atoms with van der Waals surface area (Å²) >= 11 is 0. The highest BCUT2D eigenvalue weighted by Crippen LogP contribution is 2.35. The smallest absolute Gasteiger partial charge is 0.264 e. The molecule has 4 heterocycles. The minimum atomic E-state index is -0.974. The molecule has 4 aliphatic heterocycles. The molecule has 3 fully saturated rings. The molecule has 1 unspecified atom stereocenters. The summed E-state index contributed by atoms with van der Waals surface area (Å²) in [4.78, 5) is 65.8. The SMILES string of the molecule is O=C1CCC(N2C(=O)c3cccc(N4CCC(CNC(=O)C5CCOCC5)CC4)c3C2=O)C(=O)N1. The molecule has 186 valence electrons. The number of ether oxygens (including phenoxy) is 1. The Balaban J connectivity index is 1.23. The van der Waals surface area contributed by atoms with Crippen LogP contribution in [0.25, 0.3) is 0 Å². The lowest BCUT2D eigenvalue weighted by molar-refractivity contribution is -0.136. The van der Waals surface area contributed by atoms with Crippen LogP contribution in [-0.4, -0.2) is 73.3 Å². The first-order chi connectivity index (χ1) is 16.9. The maximum Gasteiger partial charge on any atom is 0.264 e. The minimum Gasteiger partial charge on any atom is -0.381 e. The molecular weight excluding hydrogens is 452 g/mol. The molecule has 0 aromatic heterocycles. The van der Waals surface area contributed by atoms with Crippen LogP contribution in [0.5, 0.6) is 0 Å². The molecule has 0 spiro atoms. The fourth-order valence-corrected chi connectivity index (χ4v) is 5.49. The van der Waals surface area contributed by atoms with Gasteiger partial charge in [0.15, 0.2) is 0 Å². The molecule has 0 aliphatic carbocycles. The number of hydrogen-bond acceptors (Lipinski definition) is 7. The van der Waals surface area contributed by atoms with Gasteiger partial charge in [-0.15, -0.1) is 0 Å². The number of rotatable bonds is 5. The summed E-state index contributed by atoms with van der Waals surface area (Å²) in [7, 11) is 0. The van der Waals surface area contributed by atoms with Gasteiger partial charge in [0.1, 0.15) is 6.04 Å². The van der Waals surface area contributed by atoms with Crippen LogP contribution < -0.4 is 15.5 Å². The Hall–Kier alpha value is -3.27. The fraction of sp³-hybridized carbons (Fsp3) is 0.560. The topological polar surface area (TPSA) is 125 Å². The van der Waals surface area contributed by atoms with Gasteiger partial charge in [-0.3, -0.25) is 34.2 Å². The first-order valence-electron chi connectivity index (χ1n) is 12.4. The van der Waals surface area contributed by atoms with E-state index in [1.807, 2.05) is 6.07 Å². The van der Waals surface area contributed by atoms with Crippen molar-refractivity contribution in [3.05, 3.63) is 29.3 Å². The molecule has 2 N–H and O–H groups in total. The molecule has 0 radical (unpaired) electrons. The van der Waals surface area contributed by atoms with Crippen molar-refractivity contribution in [1.82, 2.24) is 15.5 Å². The summed E-state index contributed by atoms with van der Waals surface area (Å²) in [6.45, 7) is 3.32. The third-order valence-electron chi connectivity index (χ3n) is 7.56. The van der Waals surface area contributed by atoms with Gasteiger partial charge in [-0.05, 0) is 50.2 Å². The third-order valence-corrected chi connectivity index (χ3v) is 7.56. The van der Waals surface area contributed by atoms with Crippen molar-refractivity contribution in [3.63, 3.8) is 0 Å². The molecule has 3 saturated heterocycles. The van der Waals surface area contributed by atoms with Crippen molar-refractivity contribution >= 4 is 35.2 Å². The Morgan fingerprint density at radius 1 is 1.00 bits per heavy atom. The molecule has 10 heteroatoms. The van der Waals surface area contributed by atoms with E-state index in [-0.39, 0.29) is 24.7 Å². The van der Waals surface area contributed by atoms with Gasteiger partial charge in [0.05, 0.1) is 16.8 Å². The zero-order chi connectivity index (χ0) is 24.5. The van der Waals surface area contributed by atoms with Crippen LogP contribution in [0.1, 0.15) is 59.2 Å². The summed E-state index contributed by atoms with van der Waals surface area (Å²) < 4.78 is 5.33. The van der Waals surface area contributed by atoms with Crippen molar-refractivity contribution in [2.45, 2.75) is 44.6 Å². The maximum atomic E-state index is 13.3. The normalized spacial score (nSPS) is 23.9. The number of nitrogens with zero attached hydrogens (tertiary/aromatic N) is 2. The minimum absolute atomic E-state index is 0.0339. The van der Waals surface area contributed by atoms with Crippen LogP contribution in [0.2, 0.25) is 0 Å². The molecule has 1 aromatic rings. The van der Waals surface area contributed by atoms with Crippen molar-refractivity contribution < 1.29 is 28.7 Å². The lowest BCUT2D eigenvalue weighted by Gasteiger charge is -2.35. The first kappa shape index (κ1) is 23.5. The van der Waals surface area contributed by atoms with Crippen LogP contribution in [-0.2, 0) is 19.1 Å². The van der Waals surface area contributed by atoms with Gasteiger partial charge in [-0.1, -0.05) is 6.07 Å². The molecule has 1 atom stereocenters. The van der Waals surface area contributed by atoms with E-state index < -0.39 is 29.7 Å². The van der Waals surface area contributed by atoms with E-state index in [9.17, 15) is 24.0 Å². The van der Waals surface area contributed by atoms with Crippen LogP contribution in [0.3, 0.4) is 0 Å². The third kappa shape index (κ3) is 4.54. The van der Waals surface area contributed by atoms with E-state index in [2.05, 4.69) is 15.5 Å². The number of benzene rings is 1. The summed E-state index contributed by atoms with van der Waals surface area (Å²) in [6.07, 6.45) is 3.48. The largest absolute Gasteiger partial charge is 0.381 e.